The number of rotatable bonds is 8. The molecule has 128 valence electrons. The van der Waals surface area contributed by atoms with Gasteiger partial charge < -0.3 is 15.4 Å². The van der Waals surface area contributed by atoms with Crippen molar-refractivity contribution in [3.05, 3.63) is 0 Å². The van der Waals surface area contributed by atoms with E-state index in [-0.39, 0.29) is 0 Å². The van der Waals surface area contributed by atoms with E-state index >= 15 is 0 Å². The number of aliphatic imine (C=N–C) groups is 1. The van der Waals surface area contributed by atoms with Crippen molar-refractivity contribution in [2.45, 2.75) is 45.6 Å². The van der Waals surface area contributed by atoms with Crippen molar-refractivity contribution >= 4 is 5.96 Å². The van der Waals surface area contributed by atoms with E-state index in [2.05, 4.69) is 34.4 Å². The molecular weight excluding hydrogens is 276 g/mol. The fraction of sp³-hybridized carbons (Fsp3) is 0.941. The first-order chi connectivity index (χ1) is 10.8. The lowest BCUT2D eigenvalue weighted by Gasteiger charge is -2.39. The van der Waals surface area contributed by atoms with Crippen molar-refractivity contribution in [3.8, 4) is 0 Å². The molecule has 22 heavy (non-hydrogen) atoms. The van der Waals surface area contributed by atoms with Gasteiger partial charge >= 0.3 is 0 Å². The van der Waals surface area contributed by atoms with Crippen LogP contribution in [0.4, 0.5) is 0 Å². The van der Waals surface area contributed by atoms with Crippen LogP contribution in [0.1, 0.15) is 39.5 Å². The number of hydrogen-bond donors (Lipinski definition) is 2. The van der Waals surface area contributed by atoms with Crippen LogP contribution in [0.3, 0.4) is 0 Å². The summed E-state index contributed by atoms with van der Waals surface area (Å²) < 4.78 is 5.52. The third-order valence-electron chi connectivity index (χ3n) is 5.06. The molecule has 1 atom stereocenters. The van der Waals surface area contributed by atoms with Gasteiger partial charge in [0.15, 0.2) is 5.96 Å². The average molecular weight is 310 g/mol. The summed E-state index contributed by atoms with van der Waals surface area (Å²) in [4.78, 5) is 6.97. The van der Waals surface area contributed by atoms with Crippen LogP contribution in [0.2, 0.25) is 0 Å². The molecule has 1 aliphatic heterocycles. The van der Waals surface area contributed by atoms with Gasteiger partial charge in [0.25, 0.3) is 0 Å². The van der Waals surface area contributed by atoms with Crippen molar-refractivity contribution in [1.29, 1.82) is 0 Å². The van der Waals surface area contributed by atoms with E-state index in [1.807, 2.05) is 7.05 Å². The van der Waals surface area contributed by atoms with E-state index in [4.69, 9.17) is 4.74 Å². The molecule has 1 saturated heterocycles. The first-order valence-electron chi connectivity index (χ1n) is 9.04. The van der Waals surface area contributed by atoms with Crippen molar-refractivity contribution in [1.82, 2.24) is 15.5 Å². The second-order valence-corrected chi connectivity index (χ2v) is 6.57. The summed E-state index contributed by atoms with van der Waals surface area (Å²) in [5.41, 5.74) is 0. The second kappa shape index (κ2) is 9.36. The molecule has 0 aromatic carbocycles. The number of guanidine groups is 1. The lowest BCUT2D eigenvalue weighted by Crippen LogP contribution is -2.53. The average Bonchev–Trinajstić information content (AvgIpc) is 3.39. The molecule has 1 saturated carbocycles. The summed E-state index contributed by atoms with van der Waals surface area (Å²) in [5, 5.41) is 7.02. The molecule has 1 unspecified atom stereocenters. The maximum atomic E-state index is 5.52. The molecule has 5 heteroatoms. The van der Waals surface area contributed by atoms with Crippen LogP contribution in [0.25, 0.3) is 0 Å². The van der Waals surface area contributed by atoms with Gasteiger partial charge in [0, 0.05) is 39.3 Å². The zero-order chi connectivity index (χ0) is 15.8. The van der Waals surface area contributed by atoms with E-state index < -0.39 is 0 Å². The third-order valence-corrected chi connectivity index (χ3v) is 5.06. The summed E-state index contributed by atoms with van der Waals surface area (Å²) in [7, 11) is 1.86. The van der Waals surface area contributed by atoms with E-state index in [1.165, 1.54) is 25.7 Å². The molecule has 2 fully saturated rings. The van der Waals surface area contributed by atoms with Crippen molar-refractivity contribution < 1.29 is 4.74 Å². The van der Waals surface area contributed by atoms with Gasteiger partial charge in [-0.25, -0.2) is 0 Å². The maximum Gasteiger partial charge on any atom is 0.191 e. The fourth-order valence-corrected chi connectivity index (χ4v) is 3.32. The third kappa shape index (κ3) is 5.43. The number of ether oxygens (including phenoxy) is 1. The molecule has 1 heterocycles. The molecule has 2 aliphatic rings. The quantitative estimate of drug-likeness (QED) is 0.529. The maximum absolute atomic E-state index is 5.52. The van der Waals surface area contributed by atoms with Crippen LogP contribution in [-0.4, -0.2) is 63.3 Å². The molecular formula is C17H34N4O. The van der Waals surface area contributed by atoms with Crippen LogP contribution in [0, 0.1) is 11.8 Å². The van der Waals surface area contributed by atoms with Gasteiger partial charge in [-0.1, -0.05) is 26.7 Å². The highest BCUT2D eigenvalue weighted by Crippen LogP contribution is 2.27. The zero-order valence-electron chi connectivity index (χ0n) is 14.6. The van der Waals surface area contributed by atoms with Crippen LogP contribution in [0.5, 0.6) is 0 Å². The topological polar surface area (TPSA) is 48.9 Å². The van der Waals surface area contributed by atoms with E-state index in [9.17, 15) is 0 Å². The van der Waals surface area contributed by atoms with Crippen molar-refractivity contribution in [2.75, 3.05) is 46.4 Å². The number of nitrogens with one attached hydrogen (secondary N) is 2. The van der Waals surface area contributed by atoms with E-state index in [0.29, 0.717) is 6.04 Å². The van der Waals surface area contributed by atoms with Gasteiger partial charge in [0.1, 0.15) is 0 Å². The van der Waals surface area contributed by atoms with Gasteiger partial charge in [-0.05, 0) is 24.7 Å². The van der Waals surface area contributed by atoms with E-state index in [1.54, 1.807) is 0 Å². The van der Waals surface area contributed by atoms with Gasteiger partial charge in [-0.3, -0.25) is 9.89 Å². The lowest BCUT2D eigenvalue weighted by atomic mass is 9.92. The number of morpholine rings is 1. The summed E-state index contributed by atoms with van der Waals surface area (Å²) in [6.45, 7) is 10.5. The molecule has 2 N–H and O–H groups in total. The molecule has 1 aliphatic carbocycles. The Balaban J connectivity index is 1.86. The Bertz CT molecular complexity index is 334. The molecule has 0 aromatic heterocycles. The predicted molar refractivity (Wildman–Crippen MR) is 92.3 cm³/mol. The molecule has 2 rings (SSSR count). The van der Waals surface area contributed by atoms with Gasteiger partial charge in [0.05, 0.1) is 13.2 Å². The Morgan fingerprint density at radius 2 is 1.86 bits per heavy atom. The minimum atomic E-state index is 0.568. The molecule has 0 radical (unpaired) electrons. The standard InChI is InChI=1S/C17H34N4O/c1-4-15(5-2)16(21-8-10-22-11-9-21)13-20-17(18-3)19-12-14-6-7-14/h14-16H,4-13H2,1-3H3,(H2,18,19,20). The second-order valence-electron chi connectivity index (χ2n) is 6.57. The fourth-order valence-electron chi connectivity index (χ4n) is 3.32. The minimum Gasteiger partial charge on any atom is -0.379 e. The first kappa shape index (κ1) is 17.5. The molecule has 0 amide bonds. The van der Waals surface area contributed by atoms with Gasteiger partial charge in [0.2, 0.25) is 0 Å². The van der Waals surface area contributed by atoms with E-state index in [0.717, 1.165) is 57.2 Å². The van der Waals surface area contributed by atoms with Gasteiger partial charge in [-0.2, -0.15) is 0 Å². The Morgan fingerprint density at radius 1 is 1.18 bits per heavy atom. The molecule has 0 spiro atoms. The number of nitrogens with zero attached hydrogens (tertiary/aromatic N) is 2. The molecule has 5 nitrogen and oxygen atoms in total. The normalized spacial score (nSPS) is 21.9. The van der Waals surface area contributed by atoms with Crippen LogP contribution in [0.15, 0.2) is 4.99 Å². The predicted octanol–water partition coefficient (Wildman–Crippen LogP) is 1.70. The summed E-state index contributed by atoms with van der Waals surface area (Å²) in [5.74, 6) is 2.55. The van der Waals surface area contributed by atoms with Crippen LogP contribution < -0.4 is 10.6 Å². The van der Waals surface area contributed by atoms with Gasteiger partial charge in [-0.15, -0.1) is 0 Å². The highest BCUT2D eigenvalue weighted by molar-refractivity contribution is 5.79. The zero-order valence-corrected chi connectivity index (χ0v) is 14.6. The first-order valence-corrected chi connectivity index (χ1v) is 9.04. The Morgan fingerprint density at radius 3 is 2.41 bits per heavy atom. The van der Waals surface area contributed by atoms with Crippen LogP contribution in [-0.2, 0) is 4.74 Å². The molecule has 0 aromatic rings. The summed E-state index contributed by atoms with van der Waals surface area (Å²) >= 11 is 0. The molecule has 0 bridgehead atoms. The number of hydrogen-bond acceptors (Lipinski definition) is 3. The minimum absolute atomic E-state index is 0.568. The summed E-state index contributed by atoms with van der Waals surface area (Å²) in [6, 6.07) is 0.568. The lowest BCUT2D eigenvalue weighted by molar-refractivity contribution is 0.00272. The highest BCUT2D eigenvalue weighted by atomic mass is 16.5. The van der Waals surface area contributed by atoms with Crippen molar-refractivity contribution in [3.63, 3.8) is 0 Å². The highest BCUT2D eigenvalue weighted by Gasteiger charge is 2.27. The largest absolute Gasteiger partial charge is 0.379 e. The van der Waals surface area contributed by atoms with Crippen LogP contribution >= 0.6 is 0 Å². The Labute approximate surface area is 135 Å². The summed E-state index contributed by atoms with van der Waals surface area (Å²) in [6.07, 6.45) is 5.20. The Kier molecular flexibility index (Phi) is 7.46. The van der Waals surface area contributed by atoms with Crippen molar-refractivity contribution in [2.24, 2.45) is 16.8 Å². The SMILES string of the molecule is CCC(CC)C(CNC(=NC)NCC1CC1)N1CCOCC1. The Hall–Kier alpha value is -0.810. The smallest absolute Gasteiger partial charge is 0.191 e. The monoisotopic (exact) mass is 310 g/mol.